The molecular formula is C25H26F3N3O5. The van der Waals surface area contributed by atoms with Crippen molar-refractivity contribution < 1.29 is 37.3 Å². The van der Waals surface area contributed by atoms with E-state index in [2.05, 4.69) is 16.9 Å². The van der Waals surface area contributed by atoms with Crippen LogP contribution in [0.25, 0.3) is 0 Å². The lowest BCUT2D eigenvalue weighted by molar-refractivity contribution is -0.178. The number of alkyl halides is 3. The Labute approximate surface area is 205 Å². The third-order valence-corrected chi connectivity index (χ3v) is 8.28. The van der Waals surface area contributed by atoms with Crippen LogP contribution in [-0.4, -0.2) is 43.6 Å². The Kier molecular flexibility index (Phi) is 5.55. The first kappa shape index (κ1) is 24.5. The fraction of sp³-hybridized carbons (Fsp3) is 0.520. The second-order valence-electron chi connectivity index (χ2n) is 10.1. The maximum absolute atomic E-state index is 13.4. The van der Waals surface area contributed by atoms with Crippen LogP contribution in [0.15, 0.2) is 42.6 Å². The zero-order valence-electron chi connectivity index (χ0n) is 19.8. The Hall–Kier alpha value is -3.21. The molecule has 36 heavy (non-hydrogen) atoms. The number of hydrogen-bond acceptors (Lipinski definition) is 7. The Bertz CT molecular complexity index is 1230. The van der Waals surface area contributed by atoms with Gasteiger partial charge in [0.25, 0.3) is 0 Å². The van der Waals surface area contributed by atoms with Gasteiger partial charge in [-0.05, 0) is 49.9 Å². The quantitative estimate of drug-likeness (QED) is 0.500. The molecule has 8 nitrogen and oxygen atoms in total. The fourth-order valence-corrected chi connectivity index (χ4v) is 6.17. The van der Waals surface area contributed by atoms with Crippen molar-refractivity contribution >= 4 is 11.8 Å². The number of aromatic nitrogens is 3. The van der Waals surface area contributed by atoms with Gasteiger partial charge in [0.2, 0.25) is 0 Å². The molecule has 2 aromatic rings. The molecule has 0 spiro atoms. The Morgan fingerprint density at radius 3 is 2.61 bits per heavy atom. The number of carbonyl (C=O) groups excluding carboxylic acids is 2. The van der Waals surface area contributed by atoms with Crippen LogP contribution in [0.2, 0.25) is 0 Å². The zero-order valence-corrected chi connectivity index (χ0v) is 19.8. The van der Waals surface area contributed by atoms with Crippen LogP contribution in [0.3, 0.4) is 0 Å². The molecule has 0 radical (unpaired) electrons. The van der Waals surface area contributed by atoms with Crippen molar-refractivity contribution in [1.82, 2.24) is 15.0 Å². The zero-order chi connectivity index (χ0) is 26.0. The lowest BCUT2D eigenvalue weighted by atomic mass is 9.64. The molecule has 192 valence electrons. The minimum Gasteiger partial charge on any atom is -0.487 e. The molecule has 1 saturated heterocycles. The first-order valence-corrected chi connectivity index (χ1v) is 11.7. The van der Waals surface area contributed by atoms with Gasteiger partial charge in [-0.1, -0.05) is 18.7 Å². The number of nitrogens with zero attached hydrogens (tertiary/aromatic N) is 3. The molecule has 0 bridgehead atoms. The summed E-state index contributed by atoms with van der Waals surface area (Å²) in [5.74, 6) is -1.19. The first-order valence-electron chi connectivity index (χ1n) is 11.7. The van der Waals surface area contributed by atoms with E-state index in [1.165, 1.54) is 16.8 Å². The molecule has 2 saturated carbocycles. The van der Waals surface area contributed by atoms with Crippen molar-refractivity contribution in [2.45, 2.75) is 63.6 Å². The molecule has 0 unspecified atom stereocenters. The lowest BCUT2D eigenvalue weighted by Gasteiger charge is -2.46. The number of esters is 1. The molecular weight excluding hydrogens is 479 g/mol. The number of ketones is 1. The average molecular weight is 505 g/mol. The maximum Gasteiger partial charge on any atom is 0.416 e. The van der Waals surface area contributed by atoms with Crippen LogP contribution in [0.4, 0.5) is 13.2 Å². The van der Waals surface area contributed by atoms with Crippen LogP contribution in [0.1, 0.15) is 50.4 Å². The van der Waals surface area contributed by atoms with E-state index >= 15 is 0 Å². The molecule has 1 N–H and O–H groups in total. The van der Waals surface area contributed by atoms with Gasteiger partial charge in [0.05, 0.1) is 23.2 Å². The summed E-state index contributed by atoms with van der Waals surface area (Å²) in [5, 5.41) is 20.4. The van der Waals surface area contributed by atoms with Gasteiger partial charge in [-0.3, -0.25) is 4.79 Å². The summed E-state index contributed by atoms with van der Waals surface area (Å²) in [6.45, 7) is 7.32. The topological polar surface area (TPSA) is 104 Å². The summed E-state index contributed by atoms with van der Waals surface area (Å²) in [5.41, 5.74) is -2.99. The van der Waals surface area contributed by atoms with E-state index in [0.29, 0.717) is 24.1 Å². The number of benzene rings is 1. The van der Waals surface area contributed by atoms with Gasteiger partial charge in [0, 0.05) is 17.9 Å². The van der Waals surface area contributed by atoms with E-state index in [4.69, 9.17) is 9.47 Å². The summed E-state index contributed by atoms with van der Waals surface area (Å²) < 4.78 is 50.9. The Morgan fingerprint density at radius 1 is 1.25 bits per heavy atom. The molecule has 1 aromatic carbocycles. The van der Waals surface area contributed by atoms with Crippen LogP contribution in [0, 0.1) is 17.3 Å². The van der Waals surface area contributed by atoms with Crippen molar-refractivity contribution in [2.24, 2.45) is 17.3 Å². The van der Waals surface area contributed by atoms with Crippen molar-refractivity contribution in [3.8, 4) is 5.75 Å². The number of ether oxygens (including phenoxy) is 2. The van der Waals surface area contributed by atoms with Crippen molar-refractivity contribution in [1.29, 1.82) is 0 Å². The molecule has 0 amide bonds. The van der Waals surface area contributed by atoms with Gasteiger partial charge in [0.15, 0.2) is 0 Å². The van der Waals surface area contributed by atoms with Gasteiger partial charge in [-0.15, -0.1) is 5.10 Å². The van der Waals surface area contributed by atoms with Gasteiger partial charge >= 0.3 is 12.1 Å². The highest BCUT2D eigenvalue weighted by molar-refractivity contribution is 5.95. The van der Waals surface area contributed by atoms with Crippen LogP contribution in [0.5, 0.6) is 5.75 Å². The molecule has 3 aliphatic rings. The van der Waals surface area contributed by atoms with Crippen molar-refractivity contribution in [3.05, 3.63) is 53.9 Å². The summed E-state index contributed by atoms with van der Waals surface area (Å²) >= 11 is 0. The normalized spacial score (nSPS) is 34.2. The number of rotatable bonds is 4. The molecule has 5 rings (SSSR count). The predicted molar refractivity (Wildman–Crippen MR) is 118 cm³/mol. The van der Waals surface area contributed by atoms with Gasteiger partial charge < -0.3 is 14.6 Å². The fourth-order valence-electron chi connectivity index (χ4n) is 6.17. The monoisotopic (exact) mass is 505 g/mol. The minimum absolute atomic E-state index is 0.0207. The second kappa shape index (κ2) is 8.16. The molecule has 6 atom stereocenters. The molecule has 1 aliphatic heterocycles. The average Bonchev–Trinajstić information content (AvgIpc) is 3.46. The van der Waals surface area contributed by atoms with Gasteiger partial charge in [-0.25, -0.2) is 9.48 Å². The second-order valence-corrected chi connectivity index (χ2v) is 10.1. The smallest absolute Gasteiger partial charge is 0.416 e. The largest absolute Gasteiger partial charge is 0.487 e. The number of halogens is 3. The molecule has 3 fully saturated rings. The van der Waals surface area contributed by atoms with Crippen molar-refractivity contribution in [2.75, 3.05) is 0 Å². The van der Waals surface area contributed by atoms with E-state index in [0.717, 1.165) is 12.1 Å². The summed E-state index contributed by atoms with van der Waals surface area (Å²) in [7, 11) is 0. The molecule has 2 heterocycles. The maximum atomic E-state index is 13.4. The first-order chi connectivity index (χ1) is 16.9. The highest BCUT2D eigenvalue weighted by Crippen LogP contribution is 2.61. The van der Waals surface area contributed by atoms with Crippen LogP contribution < -0.4 is 4.74 Å². The number of fused-ring (bicyclic) bond motifs is 3. The third kappa shape index (κ3) is 3.47. The molecule has 11 heteroatoms. The van der Waals surface area contributed by atoms with Gasteiger partial charge in [-0.2, -0.15) is 13.2 Å². The van der Waals surface area contributed by atoms with Crippen LogP contribution in [-0.2, 0) is 27.1 Å². The predicted octanol–water partition coefficient (Wildman–Crippen LogP) is 3.65. The lowest BCUT2D eigenvalue weighted by Crippen LogP contribution is -2.59. The SMILES string of the molecule is C=C1C(=O)O[C@@H]2[C@H]1CC[C@H](C)[C@]1(O)[C@@H](n3cc(COc4ccc(C(F)(F)F)cc4)nn3)CC(=O)[C@@]21C. The summed E-state index contributed by atoms with van der Waals surface area (Å²) in [4.78, 5) is 25.7. The molecule has 1 aromatic heterocycles. The van der Waals surface area contributed by atoms with E-state index in [1.54, 1.807) is 13.1 Å². The van der Waals surface area contributed by atoms with E-state index in [9.17, 15) is 27.9 Å². The molecule has 2 aliphatic carbocycles. The van der Waals surface area contributed by atoms with Gasteiger partial charge in [0.1, 0.15) is 35.5 Å². The van der Waals surface area contributed by atoms with E-state index < -0.39 is 40.9 Å². The highest BCUT2D eigenvalue weighted by atomic mass is 19.4. The summed E-state index contributed by atoms with van der Waals surface area (Å²) in [6.07, 6.45) is -2.58. The number of aliphatic hydroxyl groups is 1. The van der Waals surface area contributed by atoms with Crippen LogP contribution >= 0.6 is 0 Å². The Balaban J connectivity index is 1.38. The van der Waals surface area contributed by atoms with E-state index in [-0.39, 0.29) is 36.4 Å². The minimum atomic E-state index is -4.44. The third-order valence-electron chi connectivity index (χ3n) is 8.28. The highest BCUT2D eigenvalue weighted by Gasteiger charge is 2.72. The standard InChI is InChI=1S/C25H26F3N3O5/c1-13-4-9-18-14(2)22(33)36-21(18)23(3)20(32)10-19(24(13,23)34)31-11-16(29-30-31)12-35-17-7-5-15(6-8-17)25(26,27)28/h5-8,11,13,18-19,21,34H,2,4,9-10,12H2,1,3H3/t13-,18-,19-,21+,23-,24-/m0/s1. The van der Waals surface area contributed by atoms with E-state index in [1.807, 2.05) is 6.92 Å². The number of Topliss-reactive ketones (excluding diaryl/α,β-unsaturated/α-hetero) is 1. The number of carbonyl (C=O) groups is 2. The number of hydrogen-bond donors (Lipinski definition) is 1. The van der Waals surface area contributed by atoms with Crippen molar-refractivity contribution in [3.63, 3.8) is 0 Å². The Morgan fingerprint density at radius 2 is 1.94 bits per heavy atom. The summed E-state index contributed by atoms with van der Waals surface area (Å²) in [6, 6.07) is 3.55.